The average molecular weight is 2110 g/mol. The molecular weight excluding hydrogens is 2020 g/mol. The second kappa shape index (κ2) is 36.7. The summed E-state index contributed by atoms with van der Waals surface area (Å²) in [6, 6.07) is 91.4. The Hall–Kier alpha value is -7.70. The number of thiocarbonyl (C=S) groups is 2. The molecule has 582 valence electrons. The van der Waals surface area contributed by atoms with E-state index in [1.807, 2.05) is 12.1 Å². The Morgan fingerprint density at radius 3 is 1.02 bits per heavy atom. The third-order valence-electron chi connectivity index (χ3n) is 21.4. The Kier molecular flexibility index (Phi) is 27.2. The van der Waals surface area contributed by atoms with Crippen molar-refractivity contribution >= 4 is 305 Å². The molecule has 25 heteroatoms. The number of carbonyl (C=O) groups excluding carboxylic acids is 5. The first-order valence-corrected chi connectivity index (χ1v) is 61.0. The summed E-state index contributed by atoms with van der Waals surface area (Å²) in [5.41, 5.74) is 10.6. The number of benzene rings is 8. The number of hydrogen-bond acceptors (Lipinski definition) is 11. The van der Waals surface area contributed by atoms with Gasteiger partial charge in [-0.2, -0.15) is 0 Å². The molecule has 0 radical (unpaired) electrons. The van der Waals surface area contributed by atoms with Crippen LogP contribution in [0.25, 0.3) is 6.08 Å². The van der Waals surface area contributed by atoms with Crippen molar-refractivity contribution in [1.29, 1.82) is 0 Å². The molecule has 13 aromatic rings. The van der Waals surface area contributed by atoms with Crippen LogP contribution < -0.4 is 61.5 Å². The molecule has 5 aromatic heterocycles. The number of carbonyl (C=O) groups is 5. The Balaban J connectivity index is 0.000000125. The van der Waals surface area contributed by atoms with Crippen LogP contribution in [-0.2, 0) is 19.2 Å². The molecule has 0 spiro atoms. The first-order valence-electron chi connectivity index (χ1n) is 37.3. The quantitative estimate of drug-likeness (QED) is 0.0337. The van der Waals surface area contributed by atoms with Gasteiger partial charge in [0.05, 0.1) is 0 Å². The number of anilines is 11. The fourth-order valence-corrected chi connectivity index (χ4v) is 36.1. The van der Waals surface area contributed by atoms with E-state index in [0.717, 1.165) is 15.2 Å². The molecule has 0 aliphatic carbocycles. The first-order chi connectivity index (χ1) is 55.2. The van der Waals surface area contributed by atoms with Gasteiger partial charge < -0.3 is 5.32 Å². The van der Waals surface area contributed by atoms with E-state index >= 15 is 0 Å². The number of nitrogens with zero attached hydrogens (tertiary/aromatic N) is 7. The van der Waals surface area contributed by atoms with E-state index in [0.29, 0.717) is 29.0 Å². The van der Waals surface area contributed by atoms with Crippen LogP contribution in [0, 0.1) is 2.44 Å². The van der Waals surface area contributed by atoms with Crippen molar-refractivity contribution in [2.45, 2.75) is 58.8 Å². The van der Waals surface area contributed by atoms with E-state index in [1.165, 1.54) is 112 Å². The third kappa shape index (κ3) is 17.7. The van der Waals surface area contributed by atoms with E-state index in [4.69, 9.17) is 24.4 Å². The SMILES string of the molecule is CN1C(=O)C(=Cc2ccc(N3c4ccccc4[Si](C)(C)c4ccccc43)[se]2)C(=O)N(C)C1=S.CN1C(=O)CC(=O)N(C)C1=S.C[Si]1(C)c2ccccc2N(c2ccc(C=O)[se]2)c2ccccc21.C[Si]1(C)c2ccccc2N(c2ccc[se]2)c2ccccc21.C[Si]1(C)c2ccccc2Nc2ccccc21.Ic1ccc[se]1.c1cc[te]c1. The van der Waals surface area contributed by atoms with Crippen LogP contribution in [0.4, 0.5) is 59.2 Å². The summed E-state index contributed by atoms with van der Waals surface area (Å²) < 4.78 is 11.8. The first kappa shape index (κ1) is 85.2. The van der Waals surface area contributed by atoms with Gasteiger partial charge in [-0.25, -0.2) is 0 Å². The van der Waals surface area contributed by atoms with Crippen LogP contribution in [0.5, 0.6) is 0 Å². The number of amides is 4. The summed E-state index contributed by atoms with van der Waals surface area (Å²) in [5, 5.41) is 15.9. The maximum atomic E-state index is 12.7. The van der Waals surface area contributed by atoms with Crippen LogP contribution in [-0.4, -0.2) is 199 Å². The fraction of sp³-hybridized carbons (Fsp3) is 0.144. The number of nitrogens with one attached hydrogen (secondary N) is 1. The van der Waals surface area contributed by atoms with Crippen molar-refractivity contribution < 1.29 is 24.0 Å². The van der Waals surface area contributed by atoms with Crippen molar-refractivity contribution in [3.8, 4) is 0 Å². The van der Waals surface area contributed by atoms with Crippen molar-refractivity contribution in [3.63, 3.8) is 0 Å². The minimum atomic E-state index is -1.82. The summed E-state index contributed by atoms with van der Waals surface area (Å²) in [7, 11) is -0.286. The van der Waals surface area contributed by atoms with Gasteiger partial charge in [0.1, 0.15) is 14.5 Å². The number of aldehydes is 1. The van der Waals surface area contributed by atoms with Crippen LogP contribution in [0.15, 0.2) is 278 Å². The zero-order valence-electron chi connectivity index (χ0n) is 65.8. The zero-order valence-corrected chi connectivity index (χ0v) is 82.8. The van der Waals surface area contributed by atoms with E-state index in [1.54, 1.807) is 44.6 Å². The van der Waals surface area contributed by atoms with Crippen LogP contribution in [0.2, 0.25) is 52.4 Å². The van der Waals surface area contributed by atoms with Gasteiger partial charge in [-0.3, -0.25) is 19.4 Å². The van der Waals surface area contributed by atoms with Crippen molar-refractivity contribution in [3.05, 3.63) is 290 Å². The molecule has 0 unspecified atom stereocenters. The summed E-state index contributed by atoms with van der Waals surface area (Å²) >= 11 is 13.8. The molecule has 6 aliphatic heterocycles. The fourth-order valence-electron chi connectivity index (χ4n) is 15.2. The Morgan fingerprint density at radius 2 is 0.696 bits per heavy atom. The van der Waals surface area contributed by atoms with Gasteiger partial charge in [-0.05, 0) is 34.7 Å². The molecule has 0 saturated carbocycles. The van der Waals surface area contributed by atoms with E-state index in [2.05, 4.69) is 356 Å². The Labute approximate surface area is 736 Å². The number of halogens is 1. The molecular formula is C90H87IN8O5S2Se4Si4Te. The molecule has 0 bridgehead atoms. The van der Waals surface area contributed by atoms with Gasteiger partial charge in [-0.1, -0.05) is 49.5 Å². The molecule has 2 fully saturated rings. The molecule has 19 rings (SSSR count). The third-order valence-corrected chi connectivity index (χ3v) is 47.5. The number of hydrogen-bond donors (Lipinski definition) is 1. The maximum absolute atomic E-state index is 12.7. The number of rotatable bonds is 5. The molecule has 11 heterocycles. The van der Waals surface area contributed by atoms with Gasteiger partial charge in [0, 0.05) is 25.5 Å². The van der Waals surface area contributed by atoms with Crippen molar-refractivity contribution in [2.75, 3.05) is 48.2 Å². The monoisotopic (exact) mass is 2110 g/mol. The van der Waals surface area contributed by atoms with Crippen molar-refractivity contribution in [2.24, 2.45) is 0 Å². The normalized spacial score (nSPS) is 15.7. The average Bonchev–Trinajstić information content (AvgIpc) is 1.70. The minimum absolute atomic E-state index is 0.0636. The number of para-hydroxylation sites is 8. The Morgan fingerprint density at radius 1 is 0.374 bits per heavy atom. The molecule has 115 heavy (non-hydrogen) atoms. The molecule has 4 amide bonds. The second-order valence-electron chi connectivity index (χ2n) is 29.9. The van der Waals surface area contributed by atoms with Gasteiger partial charge >= 0.3 is 579 Å². The number of likely N-dealkylation sites (N-methyl/N-ethyl adjacent to an activating group) is 2. The summed E-state index contributed by atoms with van der Waals surface area (Å²) in [6.45, 7) is 19.4. The molecule has 0 atom stereocenters. The molecule has 1 N–H and O–H groups in total. The van der Waals surface area contributed by atoms with Gasteiger partial charge in [0.2, 0.25) is 11.8 Å². The zero-order chi connectivity index (χ0) is 81.7. The molecule has 6 aliphatic rings. The van der Waals surface area contributed by atoms with Gasteiger partial charge in [0.25, 0.3) is 0 Å². The predicted molar refractivity (Wildman–Crippen MR) is 511 cm³/mol. The van der Waals surface area contributed by atoms with Gasteiger partial charge in [0.15, 0.2) is 5.11 Å². The van der Waals surface area contributed by atoms with E-state index < -0.39 is 32.3 Å². The topological polar surface area (TPSA) is 120 Å². The van der Waals surface area contributed by atoms with E-state index in [9.17, 15) is 24.0 Å². The predicted octanol–water partition coefficient (Wildman–Crippen LogP) is 13.7. The van der Waals surface area contributed by atoms with Crippen LogP contribution in [0.3, 0.4) is 0 Å². The van der Waals surface area contributed by atoms with E-state index in [-0.39, 0.29) is 95.3 Å². The molecule has 2 saturated heterocycles. The van der Waals surface area contributed by atoms with Crippen LogP contribution in [0.1, 0.15) is 20.1 Å². The molecule has 8 aromatic carbocycles. The summed E-state index contributed by atoms with van der Waals surface area (Å²) in [4.78, 5) is 75.6. The second-order valence-corrected chi connectivity index (χ2v) is 61.6. The summed E-state index contributed by atoms with van der Waals surface area (Å²) in [5.74, 6) is -1.18. The summed E-state index contributed by atoms with van der Waals surface area (Å²) in [6.07, 6.45) is 2.65. The van der Waals surface area contributed by atoms with Crippen molar-refractivity contribution in [1.82, 2.24) is 19.6 Å². The van der Waals surface area contributed by atoms with Gasteiger partial charge in [-0.15, -0.1) is 0 Å². The van der Waals surface area contributed by atoms with Crippen LogP contribution >= 0.6 is 47.0 Å². The molecule has 13 nitrogen and oxygen atoms in total. The Bertz CT molecular complexity index is 5560. The standard InChI is InChI=1S/C25H23N3O2SSeSi.C19H17NOSeSi.C18H17NSeSi.C14H15NSi.C6H8N2O2S.C4H3ISe.C4H4Te/c1-26-23(29)17(24(30)27(2)25(26)31)15-16-13-14-22(32-16)28-18-9-5-7-11-20(18)33(3,4)21-12-8-6-10-19(21)28;1-23(2)17-9-5-3-7-15(17)20(16-8-4-6-10-18(16)23)19-12-11-14(13-21)22-19;1-21(2)16-10-5-3-8-14(16)19(18-12-7-13-20-18)15-9-4-6-11-17(15)21;1-16(2)13-9-5-3-7-11(13)15-12-8-4-6-10-14(12)16;1-7-4(9)3-5(10)8(2)6(7)11;5-4-2-1-3-6-4;1-2-4-5-3-1/h5-15H,1-4H3;3-13H,1-2H3;3-13H,1-2H3;3-10,15H,1-2H3;3H2,1-2H3;1-3H;1-4H. The number of fused-ring (bicyclic) bond motifs is 8.